The number of rotatable bonds is 6. The molecule has 1 fully saturated rings. The fraction of sp³-hybridized carbons (Fsp3) is 0.938. The minimum absolute atomic E-state index is 0.00444. The zero-order valence-electron chi connectivity index (χ0n) is 12.8. The normalized spacial score (nSPS) is 20.7. The van der Waals surface area contributed by atoms with Crippen LogP contribution in [0.5, 0.6) is 0 Å². The van der Waals surface area contributed by atoms with Gasteiger partial charge in [0.2, 0.25) is 0 Å². The van der Waals surface area contributed by atoms with Crippen LogP contribution in [0.2, 0.25) is 0 Å². The van der Waals surface area contributed by atoms with Crippen LogP contribution in [0.15, 0.2) is 0 Å². The summed E-state index contributed by atoms with van der Waals surface area (Å²) in [4.78, 5) is 12.3. The Morgan fingerprint density at radius 3 is 2.28 bits per heavy atom. The lowest BCUT2D eigenvalue weighted by molar-refractivity contribution is -0.172. The van der Waals surface area contributed by atoms with E-state index in [9.17, 15) is 4.79 Å². The summed E-state index contributed by atoms with van der Waals surface area (Å²) in [6, 6.07) is 0. The molecule has 0 radical (unpaired) electrons. The fourth-order valence-corrected chi connectivity index (χ4v) is 2.63. The van der Waals surface area contributed by atoms with E-state index in [1.165, 1.54) is 12.8 Å². The number of ether oxygens (including phenoxy) is 1. The molecule has 2 nitrogen and oxygen atoms in total. The van der Waals surface area contributed by atoms with E-state index < -0.39 is 0 Å². The Labute approximate surface area is 112 Å². The van der Waals surface area contributed by atoms with Crippen molar-refractivity contribution in [2.45, 2.75) is 85.2 Å². The Balaban J connectivity index is 2.71. The van der Waals surface area contributed by atoms with Gasteiger partial charge in [-0.2, -0.15) is 0 Å². The van der Waals surface area contributed by atoms with Crippen LogP contribution in [0, 0.1) is 11.3 Å². The third-order valence-corrected chi connectivity index (χ3v) is 4.68. The topological polar surface area (TPSA) is 26.3 Å². The van der Waals surface area contributed by atoms with E-state index in [1.54, 1.807) is 0 Å². The molecular formula is C16H30O2. The molecule has 1 saturated carbocycles. The summed E-state index contributed by atoms with van der Waals surface area (Å²) >= 11 is 0. The van der Waals surface area contributed by atoms with Crippen molar-refractivity contribution < 1.29 is 9.53 Å². The summed E-state index contributed by atoms with van der Waals surface area (Å²) in [5.41, 5.74) is -0.496. The Bertz CT molecular complexity index is 275. The molecule has 18 heavy (non-hydrogen) atoms. The second-order valence-electron chi connectivity index (χ2n) is 6.73. The molecule has 1 atom stereocenters. The predicted octanol–water partition coefficient (Wildman–Crippen LogP) is 4.71. The summed E-state index contributed by atoms with van der Waals surface area (Å²) in [6.45, 7) is 10.5. The molecule has 0 spiro atoms. The first-order valence-corrected chi connectivity index (χ1v) is 7.58. The van der Waals surface area contributed by atoms with Crippen molar-refractivity contribution in [2.75, 3.05) is 0 Å². The molecule has 0 amide bonds. The molecule has 1 aliphatic carbocycles. The van der Waals surface area contributed by atoms with Crippen LogP contribution in [0.25, 0.3) is 0 Å². The fourth-order valence-electron chi connectivity index (χ4n) is 2.63. The van der Waals surface area contributed by atoms with Crippen LogP contribution in [0.3, 0.4) is 0 Å². The summed E-state index contributed by atoms with van der Waals surface area (Å²) in [5, 5.41) is 0. The number of hydrogen-bond donors (Lipinski definition) is 0. The third kappa shape index (κ3) is 3.73. The van der Waals surface area contributed by atoms with Crippen LogP contribution in [-0.4, -0.2) is 11.6 Å². The molecule has 0 N–H and O–H groups in total. The van der Waals surface area contributed by atoms with Crippen LogP contribution < -0.4 is 0 Å². The maximum Gasteiger partial charge on any atom is 0.312 e. The van der Waals surface area contributed by atoms with E-state index >= 15 is 0 Å². The zero-order chi connectivity index (χ0) is 13.8. The van der Waals surface area contributed by atoms with Crippen molar-refractivity contribution >= 4 is 5.97 Å². The van der Waals surface area contributed by atoms with Gasteiger partial charge in [-0.05, 0) is 58.3 Å². The summed E-state index contributed by atoms with van der Waals surface area (Å²) in [5.74, 6) is 0.635. The summed E-state index contributed by atoms with van der Waals surface area (Å²) in [7, 11) is 0. The smallest absolute Gasteiger partial charge is 0.312 e. The van der Waals surface area contributed by atoms with Gasteiger partial charge < -0.3 is 4.74 Å². The molecular weight excluding hydrogens is 224 g/mol. The SMILES string of the molecule is CCC(C)CC1(OC(=O)C(C)(C)CC)CCCC1. The number of carbonyl (C=O) groups is 1. The van der Waals surface area contributed by atoms with Gasteiger partial charge in [0.15, 0.2) is 0 Å². The number of carbonyl (C=O) groups excluding carboxylic acids is 1. The van der Waals surface area contributed by atoms with Crippen LogP contribution in [-0.2, 0) is 9.53 Å². The van der Waals surface area contributed by atoms with E-state index in [4.69, 9.17) is 4.74 Å². The highest BCUT2D eigenvalue weighted by atomic mass is 16.6. The minimum atomic E-state index is -0.342. The van der Waals surface area contributed by atoms with Crippen molar-refractivity contribution in [1.82, 2.24) is 0 Å². The maximum absolute atomic E-state index is 12.3. The number of esters is 1. The lowest BCUT2D eigenvalue weighted by Gasteiger charge is -2.35. The van der Waals surface area contributed by atoms with Gasteiger partial charge >= 0.3 is 5.97 Å². The summed E-state index contributed by atoms with van der Waals surface area (Å²) in [6.07, 6.45) is 7.56. The quantitative estimate of drug-likeness (QED) is 0.641. The van der Waals surface area contributed by atoms with Gasteiger partial charge in [-0.3, -0.25) is 4.79 Å². The van der Waals surface area contributed by atoms with E-state index in [0.29, 0.717) is 5.92 Å². The van der Waals surface area contributed by atoms with Crippen LogP contribution >= 0.6 is 0 Å². The largest absolute Gasteiger partial charge is 0.459 e. The Morgan fingerprint density at radius 1 is 1.28 bits per heavy atom. The molecule has 106 valence electrons. The van der Waals surface area contributed by atoms with Gasteiger partial charge in [-0.1, -0.05) is 27.2 Å². The first-order valence-electron chi connectivity index (χ1n) is 7.58. The number of hydrogen-bond acceptors (Lipinski definition) is 2. The predicted molar refractivity (Wildman–Crippen MR) is 75.4 cm³/mol. The maximum atomic E-state index is 12.3. The monoisotopic (exact) mass is 254 g/mol. The van der Waals surface area contributed by atoms with E-state index in [0.717, 1.165) is 32.1 Å². The van der Waals surface area contributed by atoms with Crippen molar-refractivity contribution in [3.63, 3.8) is 0 Å². The molecule has 1 aliphatic rings. The Kier molecular flexibility index (Phi) is 5.24. The van der Waals surface area contributed by atoms with Crippen molar-refractivity contribution in [3.8, 4) is 0 Å². The van der Waals surface area contributed by atoms with E-state index in [2.05, 4.69) is 20.8 Å². The van der Waals surface area contributed by atoms with Gasteiger partial charge in [0, 0.05) is 0 Å². The molecule has 0 saturated heterocycles. The molecule has 0 aromatic heterocycles. The summed E-state index contributed by atoms with van der Waals surface area (Å²) < 4.78 is 5.99. The molecule has 0 bridgehead atoms. The lowest BCUT2D eigenvalue weighted by Crippen LogP contribution is -2.39. The van der Waals surface area contributed by atoms with Crippen molar-refractivity contribution in [1.29, 1.82) is 0 Å². The highest BCUT2D eigenvalue weighted by Gasteiger charge is 2.41. The molecule has 0 aromatic carbocycles. The Morgan fingerprint density at radius 2 is 1.83 bits per heavy atom. The first-order chi connectivity index (χ1) is 8.35. The van der Waals surface area contributed by atoms with Gasteiger partial charge in [-0.15, -0.1) is 0 Å². The lowest BCUT2D eigenvalue weighted by atomic mass is 9.86. The zero-order valence-corrected chi connectivity index (χ0v) is 12.8. The second kappa shape index (κ2) is 6.08. The highest BCUT2D eigenvalue weighted by Crippen LogP contribution is 2.40. The second-order valence-corrected chi connectivity index (χ2v) is 6.73. The van der Waals surface area contributed by atoms with E-state index in [1.807, 2.05) is 13.8 Å². The van der Waals surface area contributed by atoms with Crippen LogP contribution in [0.1, 0.15) is 79.6 Å². The highest BCUT2D eigenvalue weighted by molar-refractivity contribution is 5.76. The third-order valence-electron chi connectivity index (χ3n) is 4.68. The molecule has 1 unspecified atom stereocenters. The van der Waals surface area contributed by atoms with Crippen LogP contribution in [0.4, 0.5) is 0 Å². The van der Waals surface area contributed by atoms with Gasteiger partial charge in [-0.25, -0.2) is 0 Å². The van der Waals surface area contributed by atoms with Gasteiger partial charge in [0.25, 0.3) is 0 Å². The Hall–Kier alpha value is -0.530. The van der Waals surface area contributed by atoms with Gasteiger partial charge in [0.05, 0.1) is 5.41 Å². The van der Waals surface area contributed by atoms with E-state index in [-0.39, 0.29) is 17.0 Å². The standard InChI is InChI=1S/C16H30O2/c1-6-13(3)12-16(10-8-9-11-16)18-14(17)15(4,5)7-2/h13H,6-12H2,1-5H3. The average Bonchev–Trinajstić information content (AvgIpc) is 2.77. The minimum Gasteiger partial charge on any atom is -0.459 e. The van der Waals surface area contributed by atoms with Gasteiger partial charge in [0.1, 0.15) is 5.60 Å². The molecule has 2 heteroatoms. The molecule has 0 aromatic rings. The van der Waals surface area contributed by atoms with Crippen molar-refractivity contribution in [3.05, 3.63) is 0 Å². The van der Waals surface area contributed by atoms with Crippen molar-refractivity contribution in [2.24, 2.45) is 11.3 Å². The molecule has 0 aliphatic heterocycles. The average molecular weight is 254 g/mol. The first kappa shape index (κ1) is 15.5. The molecule has 0 heterocycles. The molecule has 1 rings (SSSR count).